The van der Waals surface area contributed by atoms with Crippen molar-refractivity contribution in [2.45, 2.75) is 25.9 Å². The van der Waals surface area contributed by atoms with E-state index in [0.29, 0.717) is 19.8 Å². The second-order valence-corrected chi connectivity index (χ2v) is 6.10. The highest BCUT2D eigenvalue weighted by molar-refractivity contribution is 9.10. The topological polar surface area (TPSA) is 50.8 Å². The van der Waals surface area contributed by atoms with Crippen molar-refractivity contribution in [3.63, 3.8) is 0 Å². The maximum absolute atomic E-state index is 11.9. The summed E-state index contributed by atoms with van der Waals surface area (Å²) < 4.78 is 12.2. The Morgan fingerprint density at radius 1 is 1.33 bits per heavy atom. The lowest BCUT2D eigenvalue weighted by atomic mass is 10.1. The van der Waals surface area contributed by atoms with Crippen LogP contribution in [0, 0.1) is 0 Å². The Bertz CT molecular complexity index is 550. The lowest BCUT2D eigenvalue weighted by molar-refractivity contribution is -0.123. The minimum Gasteiger partial charge on any atom is -0.486 e. The van der Waals surface area contributed by atoms with Crippen LogP contribution in [-0.2, 0) is 11.3 Å². The van der Waals surface area contributed by atoms with E-state index >= 15 is 0 Å². The Labute approximate surface area is 132 Å². The number of nitrogens with zero attached hydrogens (tertiary/aromatic N) is 1. The molecule has 1 saturated heterocycles. The maximum atomic E-state index is 11.9. The molecule has 0 aliphatic carbocycles. The second-order valence-electron chi connectivity index (χ2n) is 5.25. The molecule has 5 nitrogen and oxygen atoms in total. The molecular formula is C15H19BrN2O3. The summed E-state index contributed by atoms with van der Waals surface area (Å²) in [6.45, 7) is 5.56. The summed E-state index contributed by atoms with van der Waals surface area (Å²) in [4.78, 5) is 14.1. The zero-order valence-electron chi connectivity index (χ0n) is 12.0. The van der Waals surface area contributed by atoms with Crippen molar-refractivity contribution in [2.75, 3.05) is 26.3 Å². The first kappa shape index (κ1) is 14.7. The van der Waals surface area contributed by atoms with Crippen molar-refractivity contribution in [2.24, 2.45) is 0 Å². The fraction of sp³-hybridized carbons (Fsp3) is 0.533. The minimum atomic E-state index is -0.0323. The van der Waals surface area contributed by atoms with E-state index in [1.807, 2.05) is 12.1 Å². The molecule has 0 aromatic heterocycles. The average molecular weight is 355 g/mol. The molecular weight excluding hydrogens is 336 g/mol. The number of benzene rings is 1. The lowest BCUT2D eigenvalue weighted by Gasteiger charge is -2.27. The van der Waals surface area contributed by atoms with Crippen LogP contribution in [0.15, 0.2) is 16.6 Å². The molecule has 1 fully saturated rings. The molecule has 21 heavy (non-hydrogen) atoms. The van der Waals surface area contributed by atoms with Gasteiger partial charge >= 0.3 is 0 Å². The molecule has 114 valence electrons. The number of carbonyl (C=O) groups excluding carboxylic acids is 1. The van der Waals surface area contributed by atoms with Gasteiger partial charge in [-0.2, -0.15) is 0 Å². The third kappa shape index (κ3) is 3.01. The molecule has 1 aromatic carbocycles. The summed E-state index contributed by atoms with van der Waals surface area (Å²) in [7, 11) is 0. The molecule has 0 spiro atoms. The average Bonchev–Trinajstić information content (AvgIpc) is 2.91. The summed E-state index contributed by atoms with van der Waals surface area (Å²) in [5.74, 6) is 1.69. The third-order valence-electron chi connectivity index (χ3n) is 3.95. The molecule has 1 N–H and O–H groups in total. The number of rotatable bonds is 4. The van der Waals surface area contributed by atoms with Crippen molar-refractivity contribution in [1.29, 1.82) is 0 Å². The van der Waals surface area contributed by atoms with Crippen LogP contribution in [0.25, 0.3) is 0 Å². The van der Waals surface area contributed by atoms with Crippen molar-refractivity contribution in [1.82, 2.24) is 10.2 Å². The summed E-state index contributed by atoms with van der Waals surface area (Å²) in [5.41, 5.74) is 1.11. The summed E-state index contributed by atoms with van der Waals surface area (Å²) in [6, 6.07) is 3.93. The van der Waals surface area contributed by atoms with E-state index in [0.717, 1.165) is 41.0 Å². The Balaban J connectivity index is 1.81. The van der Waals surface area contributed by atoms with Gasteiger partial charge in [-0.1, -0.05) is 22.9 Å². The predicted octanol–water partition coefficient (Wildman–Crippen LogP) is 1.93. The number of nitrogens with one attached hydrogen (secondary N) is 1. The molecule has 3 rings (SSSR count). The fourth-order valence-corrected chi connectivity index (χ4v) is 3.27. The molecule has 1 aromatic rings. The predicted molar refractivity (Wildman–Crippen MR) is 82.6 cm³/mol. The standard InChI is InChI=1S/C15H19BrN2O3/c1-2-18(12-3-4-17-15(12)19)9-10-7-13-14(8-11(10)16)21-6-5-20-13/h7-8,12H,2-6,9H2,1H3,(H,17,19). The number of carbonyl (C=O) groups is 1. The van der Waals surface area contributed by atoms with E-state index < -0.39 is 0 Å². The Hall–Kier alpha value is -1.27. The number of amides is 1. The highest BCUT2D eigenvalue weighted by atomic mass is 79.9. The van der Waals surface area contributed by atoms with E-state index in [1.165, 1.54) is 0 Å². The largest absolute Gasteiger partial charge is 0.486 e. The smallest absolute Gasteiger partial charge is 0.237 e. The van der Waals surface area contributed by atoms with Gasteiger partial charge < -0.3 is 14.8 Å². The fourth-order valence-electron chi connectivity index (χ4n) is 2.82. The van der Waals surface area contributed by atoms with Gasteiger partial charge in [-0.3, -0.25) is 9.69 Å². The Morgan fingerprint density at radius 2 is 2.05 bits per heavy atom. The van der Waals surface area contributed by atoms with Gasteiger partial charge in [0.25, 0.3) is 0 Å². The van der Waals surface area contributed by atoms with Crippen LogP contribution in [0.4, 0.5) is 0 Å². The maximum Gasteiger partial charge on any atom is 0.237 e. The van der Waals surface area contributed by atoms with Gasteiger partial charge in [0, 0.05) is 17.6 Å². The third-order valence-corrected chi connectivity index (χ3v) is 4.69. The van der Waals surface area contributed by atoms with E-state index in [1.54, 1.807) is 0 Å². The van der Waals surface area contributed by atoms with Crippen LogP contribution >= 0.6 is 15.9 Å². The molecule has 0 radical (unpaired) electrons. The Kier molecular flexibility index (Phi) is 4.35. The van der Waals surface area contributed by atoms with E-state index in [-0.39, 0.29) is 11.9 Å². The Morgan fingerprint density at radius 3 is 2.67 bits per heavy atom. The van der Waals surface area contributed by atoms with Gasteiger partial charge in [0.05, 0.1) is 6.04 Å². The van der Waals surface area contributed by atoms with Gasteiger partial charge in [0.1, 0.15) is 13.2 Å². The molecule has 1 atom stereocenters. The van der Waals surface area contributed by atoms with Crippen LogP contribution in [0.3, 0.4) is 0 Å². The first-order valence-electron chi connectivity index (χ1n) is 7.29. The number of likely N-dealkylation sites (N-methyl/N-ethyl adjacent to an activating group) is 1. The number of hydrogen-bond donors (Lipinski definition) is 1. The van der Waals surface area contributed by atoms with Gasteiger partial charge in [-0.25, -0.2) is 0 Å². The highest BCUT2D eigenvalue weighted by Crippen LogP contribution is 2.36. The summed E-state index contributed by atoms with van der Waals surface area (Å²) in [6.07, 6.45) is 0.870. The van der Waals surface area contributed by atoms with Crippen LogP contribution in [-0.4, -0.2) is 43.2 Å². The summed E-state index contributed by atoms with van der Waals surface area (Å²) >= 11 is 3.59. The zero-order valence-corrected chi connectivity index (χ0v) is 13.6. The number of fused-ring (bicyclic) bond motifs is 1. The highest BCUT2D eigenvalue weighted by Gasteiger charge is 2.29. The first-order valence-corrected chi connectivity index (χ1v) is 8.08. The molecule has 0 bridgehead atoms. The van der Waals surface area contributed by atoms with Crippen molar-refractivity contribution in [3.05, 3.63) is 22.2 Å². The van der Waals surface area contributed by atoms with Crippen molar-refractivity contribution >= 4 is 21.8 Å². The zero-order chi connectivity index (χ0) is 14.8. The SMILES string of the molecule is CCN(Cc1cc2c(cc1Br)OCCO2)C1CCNC1=O. The number of halogens is 1. The normalized spacial score (nSPS) is 20.7. The molecule has 2 aliphatic heterocycles. The van der Waals surface area contributed by atoms with Crippen molar-refractivity contribution < 1.29 is 14.3 Å². The molecule has 2 heterocycles. The minimum absolute atomic E-state index is 0.0323. The lowest BCUT2D eigenvalue weighted by Crippen LogP contribution is -2.40. The molecule has 6 heteroatoms. The van der Waals surface area contributed by atoms with E-state index in [4.69, 9.17) is 9.47 Å². The van der Waals surface area contributed by atoms with Crippen LogP contribution in [0.5, 0.6) is 11.5 Å². The van der Waals surface area contributed by atoms with Crippen molar-refractivity contribution in [3.8, 4) is 11.5 Å². The van der Waals surface area contributed by atoms with Crippen LogP contribution < -0.4 is 14.8 Å². The summed E-state index contributed by atoms with van der Waals surface area (Å²) in [5, 5.41) is 2.90. The molecule has 1 amide bonds. The second kappa shape index (κ2) is 6.23. The first-order chi connectivity index (χ1) is 10.2. The van der Waals surface area contributed by atoms with E-state index in [9.17, 15) is 4.79 Å². The van der Waals surface area contributed by atoms with Gasteiger partial charge in [-0.15, -0.1) is 0 Å². The molecule has 2 aliphatic rings. The monoisotopic (exact) mass is 354 g/mol. The number of ether oxygens (including phenoxy) is 2. The van der Waals surface area contributed by atoms with Gasteiger partial charge in [0.15, 0.2) is 11.5 Å². The van der Waals surface area contributed by atoms with E-state index in [2.05, 4.69) is 33.1 Å². The number of hydrogen-bond acceptors (Lipinski definition) is 4. The van der Waals surface area contributed by atoms with Crippen LogP contribution in [0.1, 0.15) is 18.9 Å². The van der Waals surface area contributed by atoms with Gasteiger partial charge in [-0.05, 0) is 30.7 Å². The molecule has 1 unspecified atom stereocenters. The molecule has 0 saturated carbocycles. The quantitative estimate of drug-likeness (QED) is 0.897. The van der Waals surface area contributed by atoms with Gasteiger partial charge in [0.2, 0.25) is 5.91 Å². The van der Waals surface area contributed by atoms with Crippen LogP contribution in [0.2, 0.25) is 0 Å².